The molecule has 0 aliphatic carbocycles. The van der Waals surface area contributed by atoms with Crippen molar-refractivity contribution in [3.8, 4) is 0 Å². The van der Waals surface area contributed by atoms with Crippen molar-refractivity contribution >= 4 is 58.3 Å². The Kier molecular flexibility index (Phi) is 17.5. The van der Waals surface area contributed by atoms with Crippen molar-refractivity contribution in [3.63, 3.8) is 0 Å². The van der Waals surface area contributed by atoms with Crippen LogP contribution in [0.3, 0.4) is 0 Å². The summed E-state index contributed by atoms with van der Waals surface area (Å²) in [6, 6.07) is -1.31. The predicted molar refractivity (Wildman–Crippen MR) is 79.4 cm³/mol. The van der Waals surface area contributed by atoms with E-state index in [-0.39, 0.29) is 24.8 Å². The van der Waals surface area contributed by atoms with Gasteiger partial charge in [-0.05, 0) is 0 Å². The fraction of sp³-hybridized carbons (Fsp3) is 0.750. The van der Waals surface area contributed by atoms with Crippen molar-refractivity contribution in [1.29, 1.82) is 0 Å². The molecule has 0 bridgehead atoms. The third-order valence-corrected chi connectivity index (χ3v) is 4.06. The summed E-state index contributed by atoms with van der Waals surface area (Å²) in [7, 11) is 5.30. The van der Waals surface area contributed by atoms with Gasteiger partial charge in [0.2, 0.25) is 0 Å². The van der Waals surface area contributed by atoms with Crippen molar-refractivity contribution in [1.82, 2.24) is 0 Å². The summed E-state index contributed by atoms with van der Waals surface area (Å²) in [5.41, 5.74) is 11.0. The van der Waals surface area contributed by atoms with Crippen LogP contribution in [-0.4, -0.2) is 49.7 Å². The zero-order valence-corrected chi connectivity index (χ0v) is 13.3. The maximum atomic E-state index is 10.9. The van der Waals surface area contributed by atoms with E-state index in [1.54, 1.807) is 0 Å². The van der Waals surface area contributed by atoms with Gasteiger partial charge in [0.15, 0.2) is 0 Å². The van der Waals surface area contributed by atoms with Crippen LogP contribution in [-0.2, 0) is 19.1 Å². The number of ether oxygens (including phenoxy) is 2. The molecule has 0 rings (SSSR count). The van der Waals surface area contributed by atoms with Gasteiger partial charge >= 0.3 is 11.9 Å². The highest BCUT2D eigenvalue weighted by Gasteiger charge is 2.16. The number of carbonyl (C=O) groups is 2. The van der Waals surface area contributed by atoms with Gasteiger partial charge in [-0.2, -0.15) is 0 Å². The number of methoxy groups -OCH3 is 2. The van der Waals surface area contributed by atoms with Gasteiger partial charge in [0.1, 0.15) is 12.1 Å². The standard InChI is InChI=1S/C8H16N2O4S2.2ClH/c1-13-7(11)5(9)3-15-16-4-6(10)8(12)14-2;;/h5-6H,3-4,9-10H2,1-2H3;2*1H/t5-,6?;;/m0../s1. The Balaban J connectivity index is -0.00000112. The third kappa shape index (κ3) is 10.1. The SMILES string of the molecule is COC(=O)C(N)CSSC[C@H](N)C(=O)OC.Cl.Cl. The second-order valence-electron chi connectivity index (χ2n) is 2.83. The van der Waals surface area contributed by atoms with Crippen molar-refractivity contribution in [2.24, 2.45) is 11.5 Å². The Morgan fingerprint density at radius 3 is 1.44 bits per heavy atom. The van der Waals surface area contributed by atoms with Crippen LogP contribution in [0.15, 0.2) is 0 Å². The Morgan fingerprint density at radius 2 is 1.22 bits per heavy atom. The molecule has 0 saturated carbocycles. The van der Waals surface area contributed by atoms with E-state index in [1.807, 2.05) is 0 Å². The number of hydrogen-bond acceptors (Lipinski definition) is 8. The minimum atomic E-state index is -0.656. The van der Waals surface area contributed by atoms with Gasteiger partial charge in [-0.25, -0.2) is 0 Å². The summed E-state index contributed by atoms with van der Waals surface area (Å²) in [5.74, 6) is -0.0908. The first kappa shape index (κ1) is 23.2. The van der Waals surface area contributed by atoms with Crippen LogP contribution < -0.4 is 11.5 Å². The fourth-order valence-electron chi connectivity index (χ4n) is 0.682. The van der Waals surface area contributed by atoms with E-state index in [9.17, 15) is 9.59 Å². The summed E-state index contributed by atoms with van der Waals surface area (Å²) in [6.07, 6.45) is 0. The minimum Gasteiger partial charge on any atom is -0.468 e. The Hall–Kier alpha value is 0.140. The quantitative estimate of drug-likeness (QED) is 0.385. The lowest BCUT2D eigenvalue weighted by molar-refractivity contribution is -0.142. The molecule has 18 heavy (non-hydrogen) atoms. The van der Waals surface area contributed by atoms with Crippen LogP contribution in [0.4, 0.5) is 0 Å². The Morgan fingerprint density at radius 1 is 0.944 bits per heavy atom. The first-order chi connectivity index (χ1) is 7.52. The molecule has 2 atom stereocenters. The molecule has 110 valence electrons. The number of carbonyl (C=O) groups excluding carboxylic acids is 2. The van der Waals surface area contributed by atoms with Gasteiger partial charge in [0.05, 0.1) is 14.2 Å². The second kappa shape index (κ2) is 13.6. The smallest absolute Gasteiger partial charge is 0.323 e. The van der Waals surface area contributed by atoms with Crippen molar-refractivity contribution in [3.05, 3.63) is 0 Å². The van der Waals surface area contributed by atoms with Crippen LogP contribution in [0.1, 0.15) is 0 Å². The summed E-state index contributed by atoms with van der Waals surface area (Å²) >= 11 is 0. The van der Waals surface area contributed by atoms with Crippen LogP contribution >= 0.6 is 46.4 Å². The minimum absolute atomic E-state index is 0. The molecule has 0 aromatic carbocycles. The van der Waals surface area contributed by atoms with Crippen molar-refractivity contribution in [2.75, 3.05) is 25.7 Å². The third-order valence-electron chi connectivity index (χ3n) is 1.59. The highest BCUT2D eigenvalue weighted by Crippen LogP contribution is 2.22. The number of esters is 2. The van der Waals surface area contributed by atoms with Gasteiger partial charge in [0, 0.05) is 11.5 Å². The molecule has 0 aliphatic rings. The number of rotatable bonds is 7. The molecule has 1 unspecified atom stereocenters. The van der Waals surface area contributed by atoms with Gasteiger partial charge in [0.25, 0.3) is 0 Å². The molecule has 0 fully saturated rings. The monoisotopic (exact) mass is 340 g/mol. The predicted octanol–water partition coefficient (Wildman–Crippen LogP) is 0.212. The highest BCUT2D eigenvalue weighted by atomic mass is 35.5. The van der Waals surface area contributed by atoms with Gasteiger partial charge in [-0.15, -0.1) is 24.8 Å². The molecule has 0 heterocycles. The molecular formula is C8H18Cl2N2O4S2. The summed E-state index contributed by atoms with van der Waals surface area (Å²) in [4.78, 5) is 21.9. The molecule has 10 heteroatoms. The lowest BCUT2D eigenvalue weighted by Crippen LogP contribution is -2.34. The summed E-state index contributed by atoms with van der Waals surface area (Å²) < 4.78 is 8.92. The number of nitrogens with two attached hydrogens (primary N) is 2. The van der Waals surface area contributed by atoms with Gasteiger partial charge < -0.3 is 20.9 Å². The van der Waals surface area contributed by atoms with E-state index >= 15 is 0 Å². The average molecular weight is 341 g/mol. The molecule has 4 N–H and O–H groups in total. The first-order valence-corrected chi connectivity index (χ1v) is 6.93. The van der Waals surface area contributed by atoms with Crippen molar-refractivity contribution in [2.45, 2.75) is 12.1 Å². The summed E-state index contributed by atoms with van der Waals surface area (Å²) in [6.45, 7) is 0. The fourth-order valence-corrected chi connectivity index (χ4v) is 2.90. The maximum Gasteiger partial charge on any atom is 0.323 e. The van der Waals surface area contributed by atoms with E-state index in [0.717, 1.165) is 0 Å². The Bertz CT molecular complexity index is 225. The molecule has 0 aromatic rings. The zero-order chi connectivity index (χ0) is 12.6. The molecule has 0 radical (unpaired) electrons. The van der Waals surface area contributed by atoms with Gasteiger partial charge in [-0.3, -0.25) is 9.59 Å². The molecule has 0 saturated heterocycles. The molecule has 0 aliphatic heterocycles. The van der Waals surface area contributed by atoms with E-state index in [0.29, 0.717) is 11.5 Å². The first-order valence-electron chi connectivity index (χ1n) is 4.44. The number of halogens is 2. The maximum absolute atomic E-state index is 10.9. The average Bonchev–Trinajstić information content (AvgIpc) is 2.31. The van der Waals surface area contributed by atoms with E-state index in [4.69, 9.17) is 11.5 Å². The van der Waals surface area contributed by atoms with Crippen LogP contribution in [0, 0.1) is 0 Å². The van der Waals surface area contributed by atoms with Crippen LogP contribution in [0.25, 0.3) is 0 Å². The topological polar surface area (TPSA) is 105 Å². The van der Waals surface area contributed by atoms with Crippen LogP contribution in [0.2, 0.25) is 0 Å². The molecule has 0 aromatic heterocycles. The molecule has 0 amide bonds. The van der Waals surface area contributed by atoms with Crippen LogP contribution in [0.5, 0.6) is 0 Å². The largest absolute Gasteiger partial charge is 0.468 e. The lowest BCUT2D eigenvalue weighted by Gasteiger charge is -2.10. The lowest BCUT2D eigenvalue weighted by atomic mass is 10.4. The van der Waals surface area contributed by atoms with E-state index in [2.05, 4.69) is 9.47 Å². The summed E-state index contributed by atoms with van der Waals surface area (Å²) in [5, 5.41) is 0. The van der Waals surface area contributed by atoms with Crippen molar-refractivity contribution < 1.29 is 19.1 Å². The zero-order valence-electron chi connectivity index (χ0n) is 9.99. The van der Waals surface area contributed by atoms with E-state index in [1.165, 1.54) is 35.8 Å². The normalized spacial score (nSPS) is 12.4. The molecule has 6 nitrogen and oxygen atoms in total. The van der Waals surface area contributed by atoms with Gasteiger partial charge in [-0.1, -0.05) is 21.6 Å². The molecule has 0 spiro atoms. The Labute approximate surface area is 126 Å². The second-order valence-corrected chi connectivity index (χ2v) is 5.38. The molecular weight excluding hydrogens is 323 g/mol. The number of hydrogen-bond donors (Lipinski definition) is 2. The highest BCUT2D eigenvalue weighted by molar-refractivity contribution is 8.76. The van der Waals surface area contributed by atoms with E-state index < -0.39 is 24.0 Å².